The molecule has 0 aliphatic heterocycles. The van der Waals surface area contributed by atoms with E-state index in [0.29, 0.717) is 6.54 Å². The Hall–Kier alpha value is -1.56. The van der Waals surface area contributed by atoms with E-state index in [1.165, 1.54) is 0 Å². The number of hydrogen-bond acceptors (Lipinski definition) is 4. The molecule has 0 saturated heterocycles. The van der Waals surface area contributed by atoms with Crippen molar-refractivity contribution in [3.8, 4) is 0 Å². The Kier molecular flexibility index (Phi) is 4.26. The molecule has 1 saturated carbocycles. The van der Waals surface area contributed by atoms with Crippen molar-refractivity contribution in [2.45, 2.75) is 59.2 Å². The zero-order valence-electron chi connectivity index (χ0n) is 14.6. The SMILES string of the molecule is CO[C@]1(C)C[C@@H](NC(=O)N(C)Cc2c(C)noc2C)C1(C)C. The molecule has 1 heterocycles. The largest absolute Gasteiger partial charge is 0.378 e. The van der Waals surface area contributed by atoms with E-state index >= 15 is 0 Å². The third-order valence-electron chi connectivity index (χ3n) is 5.50. The molecule has 2 rings (SSSR count). The van der Waals surface area contributed by atoms with Gasteiger partial charge in [-0.05, 0) is 27.2 Å². The van der Waals surface area contributed by atoms with Gasteiger partial charge in [0.15, 0.2) is 0 Å². The van der Waals surface area contributed by atoms with Crippen LogP contribution in [-0.4, -0.2) is 41.9 Å². The van der Waals surface area contributed by atoms with Crippen molar-refractivity contribution in [2.75, 3.05) is 14.2 Å². The first-order valence-corrected chi connectivity index (χ1v) is 7.61. The van der Waals surface area contributed by atoms with E-state index in [4.69, 9.17) is 9.26 Å². The summed E-state index contributed by atoms with van der Waals surface area (Å²) in [4.78, 5) is 14.1. The third kappa shape index (κ3) is 2.60. The van der Waals surface area contributed by atoms with E-state index < -0.39 is 0 Å². The van der Waals surface area contributed by atoms with Crippen molar-refractivity contribution in [1.82, 2.24) is 15.4 Å². The second kappa shape index (κ2) is 5.57. The topological polar surface area (TPSA) is 67.6 Å². The summed E-state index contributed by atoms with van der Waals surface area (Å²) in [7, 11) is 3.51. The van der Waals surface area contributed by atoms with Crippen molar-refractivity contribution >= 4 is 6.03 Å². The van der Waals surface area contributed by atoms with Crippen LogP contribution in [0.5, 0.6) is 0 Å². The molecule has 6 heteroatoms. The summed E-state index contributed by atoms with van der Waals surface area (Å²) in [6, 6.07) is 0.0216. The Morgan fingerprint density at radius 3 is 2.55 bits per heavy atom. The number of carbonyl (C=O) groups excluding carboxylic acids is 1. The Morgan fingerprint density at radius 1 is 1.45 bits per heavy atom. The summed E-state index contributed by atoms with van der Waals surface area (Å²) in [6.07, 6.45) is 0.821. The summed E-state index contributed by atoms with van der Waals surface area (Å²) < 4.78 is 10.7. The van der Waals surface area contributed by atoms with Crippen molar-refractivity contribution < 1.29 is 14.1 Å². The lowest BCUT2D eigenvalue weighted by molar-refractivity contribution is -0.177. The van der Waals surface area contributed by atoms with E-state index in [1.807, 2.05) is 13.8 Å². The molecule has 1 aromatic heterocycles. The summed E-state index contributed by atoms with van der Waals surface area (Å²) in [5.41, 5.74) is 1.51. The molecule has 124 valence electrons. The van der Waals surface area contributed by atoms with E-state index in [-0.39, 0.29) is 23.1 Å². The lowest BCUT2D eigenvalue weighted by Crippen LogP contribution is -2.69. The number of aromatic nitrogens is 1. The minimum Gasteiger partial charge on any atom is -0.378 e. The molecule has 0 aromatic carbocycles. The fourth-order valence-electron chi connectivity index (χ4n) is 3.02. The molecule has 1 aromatic rings. The molecule has 0 unspecified atom stereocenters. The molecule has 1 aliphatic rings. The van der Waals surface area contributed by atoms with Gasteiger partial charge in [0.1, 0.15) is 5.76 Å². The number of hydrogen-bond donors (Lipinski definition) is 1. The molecule has 1 N–H and O–H groups in total. The minimum atomic E-state index is -0.189. The zero-order chi connectivity index (χ0) is 16.7. The summed E-state index contributed by atoms with van der Waals surface area (Å²) in [5, 5.41) is 7.02. The number of methoxy groups -OCH3 is 1. The van der Waals surface area contributed by atoms with Gasteiger partial charge >= 0.3 is 6.03 Å². The Balaban J connectivity index is 1.96. The van der Waals surface area contributed by atoms with Crippen LogP contribution in [0.2, 0.25) is 0 Å². The van der Waals surface area contributed by atoms with E-state index in [2.05, 4.69) is 31.2 Å². The highest BCUT2D eigenvalue weighted by molar-refractivity contribution is 5.74. The number of ether oxygens (including phenoxy) is 1. The molecule has 22 heavy (non-hydrogen) atoms. The van der Waals surface area contributed by atoms with E-state index in [9.17, 15) is 4.79 Å². The third-order valence-corrected chi connectivity index (χ3v) is 5.50. The first kappa shape index (κ1) is 16.8. The summed E-state index contributed by atoms with van der Waals surface area (Å²) in [6.45, 7) is 10.6. The summed E-state index contributed by atoms with van der Waals surface area (Å²) >= 11 is 0. The van der Waals surface area contributed by atoms with Gasteiger partial charge in [-0.25, -0.2) is 4.79 Å². The van der Waals surface area contributed by atoms with Crippen molar-refractivity contribution in [3.05, 3.63) is 17.0 Å². The van der Waals surface area contributed by atoms with Crippen molar-refractivity contribution in [1.29, 1.82) is 0 Å². The van der Waals surface area contributed by atoms with E-state index in [0.717, 1.165) is 23.4 Å². The number of urea groups is 1. The molecule has 1 aliphatic carbocycles. The average molecular weight is 309 g/mol. The Labute approximate surface area is 132 Å². The molecule has 6 nitrogen and oxygen atoms in total. The highest BCUT2D eigenvalue weighted by Gasteiger charge is 2.58. The maximum Gasteiger partial charge on any atom is 0.317 e. The van der Waals surface area contributed by atoms with Crippen LogP contribution in [0.1, 0.15) is 44.2 Å². The van der Waals surface area contributed by atoms with Crippen LogP contribution in [0.3, 0.4) is 0 Å². The number of rotatable bonds is 4. The lowest BCUT2D eigenvalue weighted by Gasteiger charge is -2.59. The van der Waals surface area contributed by atoms with Crippen molar-refractivity contribution in [2.24, 2.45) is 5.41 Å². The van der Waals surface area contributed by atoms with Gasteiger partial charge in [-0.15, -0.1) is 0 Å². The van der Waals surface area contributed by atoms with Gasteiger partial charge in [-0.2, -0.15) is 0 Å². The Bertz CT molecular complexity index is 547. The quantitative estimate of drug-likeness (QED) is 0.928. The molecule has 2 atom stereocenters. The number of nitrogens with zero attached hydrogens (tertiary/aromatic N) is 2. The van der Waals surface area contributed by atoms with E-state index in [1.54, 1.807) is 19.1 Å². The zero-order valence-corrected chi connectivity index (χ0v) is 14.6. The predicted molar refractivity (Wildman–Crippen MR) is 83.6 cm³/mol. The summed E-state index contributed by atoms with van der Waals surface area (Å²) in [5.74, 6) is 0.757. The van der Waals surface area contributed by atoms with Crippen LogP contribution in [0, 0.1) is 19.3 Å². The van der Waals surface area contributed by atoms with Gasteiger partial charge in [0, 0.05) is 31.2 Å². The maximum absolute atomic E-state index is 12.4. The monoisotopic (exact) mass is 309 g/mol. The van der Waals surface area contributed by atoms with Gasteiger partial charge in [-0.3, -0.25) is 0 Å². The normalized spacial score (nSPS) is 26.4. The fourth-order valence-corrected chi connectivity index (χ4v) is 3.02. The molecular weight excluding hydrogens is 282 g/mol. The van der Waals surface area contributed by atoms with Crippen molar-refractivity contribution in [3.63, 3.8) is 0 Å². The molecule has 0 radical (unpaired) electrons. The first-order valence-electron chi connectivity index (χ1n) is 7.61. The number of amides is 2. The molecular formula is C16H27N3O3. The van der Waals surface area contributed by atoms with Crippen LogP contribution in [0.4, 0.5) is 4.79 Å². The lowest BCUT2D eigenvalue weighted by atomic mass is 9.56. The molecule has 0 spiro atoms. The maximum atomic E-state index is 12.4. The Morgan fingerprint density at radius 2 is 2.09 bits per heavy atom. The van der Waals surface area contributed by atoms with Gasteiger partial charge in [-0.1, -0.05) is 19.0 Å². The number of carbonyl (C=O) groups is 1. The predicted octanol–water partition coefficient (Wildman–Crippen LogP) is 2.64. The average Bonchev–Trinajstić information content (AvgIpc) is 2.78. The number of aryl methyl sites for hydroxylation is 2. The standard InChI is InChI=1S/C16H27N3O3/c1-10-12(11(2)22-18-10)9-19(6)14(20)17-13-8-16(5,21-7)15(13,3)4/h13H,8-9H2,1-7H3,(H,17,20)/t13-,16-/m1/s1. The molecule has 2 amide bonds. The number of nitrogens with one attached hydrogen (secondary N) is 1. The molecule has 0 bridgehead atoms. The fraction of sp³-hybridized carbons (Fsp3) is 0.750. The van der Waals surface area contributed by atoms with Crippen LogP contribution in [0.15, 0.2) is 4.52 Å². The van der Waals surface area contributed by atoms with Crippen LogP contribution in [0.25, 0.3) is 0 Å². The minimum absolute atomic E-state index is 0.0868. The first-order chi connectivity index (χ1) is 10.1. The van der Waals surface area contributed by atoms with Crippen LogP contribution in [-0.2, 0) is 11.3 Å². The van der Waals surface area contributed by atoms with Crippen LogP contribution < -0.4 is 5.32 Å². The van der Waals surface area contributed by atoms with Gasteiger partial charge < -0.3 is 19.5 Å². The second-order valence-electron chi connectivity index (χ2n) is 7.02. The van der Waals surface area contributed by atoms with Gasteiger partial charge in [0.05, 0.1) is 17.8 Å². The second-order valence-corrected chi connectivity index (χ2v) is 7.02. The van der Waals surface area contributed by atoms with Gasteiger partial charge in [0.2, 0.25) is 0 Å². The smallest absolute Gasteiger partial charge is 0.317 e. The highest BCUT2D eigenvalue weighted by atomic mass is 16.5. The van der Waals surface area contributed by atoms with Gasteiger partial charge in [0.25, 0.3) is 0 Å². The molecule has 1 fully saturated rings. The highest BCUT2D eigenvalue weighted by Crippen LogP contribution is 2.51. The van der Waals surface area contributed by atoms with Crippen LogP contribution >= 0.6 is 0 Å².